The van der Waals surface area contributed by atoms with Crippen molar-refractivity contribution in [3.8, 4) is 5.75 Å². The summed E-state index contributed by atoms with van der Waals surface area (Å²) in [6, 6.07) is 15.9. The Morgan fingerprint density at radius 3 is 2.19 bits per heavy atom. The van der Waals surface area contributed by atoms with Crippen LogP contribution in [0, 0.1) is 0 Å². The van der Waals surface area contributed by atoms with Crippen LogP contribution in [0.15, 0.2) is 54.6 Å². The fourth-order valence-electron chi connectivity index (χ4n) is 3.04. The lowest BCUT2D eigenvalue weighted by atomic mass is 10.0. The molecule has 1 saturated heterocycles. The van der Waals surface area contributed by atoms with Crippen molar-refractivity contribution in [3.05, 3.63) is 65.7 Å². The minimum Gasteiger partial charge on any atom is -0.489 e. The standard InChI is InChI=1S/C19H22F2N2O.2ClH/c20-19(21)18(23-12-10-22-11-13-23)16-8-4-5-9-17(16)24-14-15-6-2-1-3-7-15;;/h1-9,18-19,22H,10-14H2;2*1H/t18-;;/m0../s1. The van der Waals surface area contributed by atoms with E-state index < -0.39 is 12.5 Å². The molecule has 1 N–H and O–H groups in total. The summed E-state index contributed by atoms with van der Waals surface area (Å²) in [4.78, 5) is 1.84. The molecule has 26 heavy (non-hydrogen) atoms. The third kappa shape index (κ3) is 5.81. The average molecular weight is 405 g/mol. The summed E-state index contributed by atoms with van der Waals surface area (Å²) in [5, 5.41) is 3.20. The van der Waals surface area contributed by atoms with Crippen LogP contribution in [0.5, 0.6) is 5.75 Å². The van der Waals surface area contributed by atoms with Gasteiger partial charge < -0.3 is 10.1 Å². The number of piperazine rings is 1. The van der Waals surface area contributed by atoms with Crippen molar-refractivity contribution in [3.63, 3.8) is 0 Å². The SMILES string of the molecule is Cl.Cl.FC(F)[C@H](c1ccccc1OCc1ccccc1)N1CCNCC1. The van der Waals surface area contributed by atoms with Gasteiger partial charge in [-0.3, -0.25) is 4.90 Å². The Morgan fingerprint density at radius 2 is 1.54 bits per heavy atom. The molecule has 3 rings (SSSR count). The highest BCUT2D eigenvalue weighted by Crippen LogP contribution is 2.34. The second-order valence-corrected chi connectivity index (χ2v) is 5.88. The third-order valence-corrected chi connectivity index (χ3v) is 4.26. The smallest absolute Gasteiger partial charge is 0.258 e. The summed E-state index contributed by atoms with van der Waals surface area (Å²) in [5.74, 6) is 0.533. The van der Waals surface area contributed by atoms with Crippen molar-refractivity contribution >= 4 is 24.8 Å². The molecule has 0 bridgehead atoms. The Kier molecular flexibility index (Phi) is 9.88. The van der Waals surface area contributed by atoms with Crippen LogP contribution < -0.4 is 10.1 Å². The van der Waals surface area contributed by atoms with Crippen molar-refractivity contribution in [2.45, 2.75) is 19.1 Å². The van der Waals surface area contributed by atoms with Gasteiger partial charge in [0.25, 0.3) is 6.43 Å². The van der Waals surface area contributed by atoms with Crippen LogP contribution in [0.2, 0.25) is 0 Å². The van der Waals surface area contributed by atoms with Gasteiger partial charge >= 0.3 is 0 Å². The number of para-hydroxylation sites is 1. The summed E-state index contributed by atoms with van der Waals surface area (Å²) < 4.78 is 33.5. The number of ether oxygens (including phenoxy) is 1. The predicted octanol–water partition coefficient (Wildman–Crippen LogP) is 4.32. The molecular formula is C19H24Cl2F2N2O. The first kappa shape index (κ1) is 22.6. The molecule has 2 aromatic carbocycles. The van der Waals surface area contributed by atoms with Crippen LogP contribution >= 0.6 is 24.8 Å². The molecule has 1 aliphatic heterocycles. The van der Waals surface area contributed by atoms with Crippen molar-refractivity contribution in [2.24, 2.45) is 0 Å². The first-order valence-corrected chi connectivity index (χ1v) is 8.24. The van der Waals surface area contributed by atoms with Crippen LogP contribution in [0.1, 0.15) is 17.2 Å². The minimum absolute atomic E-state index is 0. The zero-order valence-electron chi connectivity index (χ0n) is 14.3. The summed E-state index contributed by atoms with van der Waals surface area (Å²) in [6.45, 7) is 3.06. The maximum Gasteiger partial charge on any atom is 0.258 e. The predicted molar refractivity (Wildman–Crippen MR) is 105 cm³/mol. The molecule has 0 unspecified atom stereocenters. The Balaban J connectivity index is 0.00000169. The summed E-state index contributed by atoms with van der Waals surface area (Å²) in [6.07, 6.45) is -2.45. The number of nitrogens with zero attached hydrogens (tertiary/aromatic N) is 1. The molecule has 1 fully saturated rings. The number of rotatable bonds is 6. The van der Waals surface area contributed by atoms with E-state index in [-0.39, 0.29) is 24.8 Å². The third-order valence-electron chi connectivity index (χ3n) is 4.26. The first-order valence-electron chi connectivity index (χ1n) is 8.24. The van der Waals surface area contributed by atoms with Crippen LogP contribution in [-0.4, -0.2) is 37.5 Å². The molecule has 3 nitrogen and oxygen atoms in total. The molecule has 0 aliphatic carbocycles. The van der Waals surface area contributed by atoms with E-state index in [1.807, 2.05) is 41.3 Å². The second-order valence-electron chi connectivity index (χ2n) is 5.88. The maximum absolute atomic E-state index is 13.8. The van der Waals surface area contributed by atoms with Gasteiger partial charge in [0.05, 0.1) is 6.04 Å². The van der Waals surface area contributed by atoms with E-state index in [1.54, 1.807) is 18.2 Å². The minimum atomic E-state index is -2.45. The Morgan fingerprint density at radius 1 is 0.923 bits per heavy atom. The molecule has 0 saturated carbocycles. The van der Waals surface area contributed by atoms with E-state index in [2.05, 4.69) is 5.32 Å². The molecule has 0 radical (unpaired) electrons. The van der Waals surface area contributed by atoms with Gasteiger partial charge in [-0.15, -0.1) is 24.8 Å². The maximum atomic E-state index is 13.8. The van der Waals surface area contributed by atoms with Gasteiger partial charge in [-0.1, -0.05) is 48.5 Å². The number of hydrogen-bond donors (Lipinski definition) is 1. The quantitative estimate of drug-likeness (QED) is 0.775. The van der Waals surface area contributed by atoms with Gasteiger partial charge in [0.2, 0.25) is 0 Å². The topological polar surface area (TPSA) is 24.5 Å². The summed E-state index contributed by atoms with van der Waals surface area (Å²) in [7, 11) is 0. The molecule has 0 aromatic heterocycles. The van der Waals surface area contributed by atoms with Gasteiger partial charge in [-0.25, -0.2) is 8.78 Å². The van der Waals surface area contributed by atoms with E-state index in [0.29, 0.717) is 31.0 Å². The molecule has 1 heterocycles. The lowest BCUT2D eigenvalue weighted by Gasteiger charge is -2.35. The molecule has 2 aromatic rings. The van der Waals surface area contributed by atoms with Crippen molar-refractivity contribution in [1.29, 1.82) is 0 Å². The fraction of sp³-hybridized carbons (Fsp3) is 0.368. The molecule has 7 heteroatoms. The lowest BCUT2D eigenvalue weighted by molar-refractivity contribution is 0.0166. The molecule has 1 aliphatic rings. The molecule has 0 amide bonds. The fourth-order valence-corrected chi connectivity index (χ4v) is 3.04. The van der Waals surface area contributed by atoms with Crippen LogP contribution in [0.4, 0.5) is 8.78 Å². The normalized spacial score (nSPS) is 15.7. The van der Waals surface area contributed by atoms with E-state index in [4.69, 9.17) is 4.74 Å². The summed E-state index contributed by atoms with van der Waals surface area (Å²) in [5.41, 5.74) is 1.58. The van der Waals surface area contributed by atoms with Crippen molar-refractivity contribution in [2.75, 3.05) is 26.2 Å². The lowest BCUT2D eigenvalue weighted by Crippen LogP contribution is -2.47. The van der Waals surface area contributed by atoms with E-state index in [9.17, 15) is 8.78 Å². The van der Waals surface area contributed by atoms with E-state index in [1.165, 1.54) is 0 Å². The molecule has 144 valence electrons. The zero-order valence-corrected chi connectivity index (χ0v) is 15.9. The monoisotopic (exact) mass is 404 g/mol. The molecule has 0 spiro atoms. The van der Waals surface area contributed by atoms with Crippen molar-refractivity contribution < 1.29 is 13.5 Å². The second kappa shape index (κ2) is 11.3. The number of nitrogens with one attached hydrogen (secondary N) is 1. The highest BCUT2D eigenvalue weighted by Gasteiger charge is 2.32. The highest BCUT2D eigenvalue weighted by molar-refractivity contribution is 5.85. The molecular weight excluding hydrogens is 381 g/mol. The van der Waals surface area contributed by atoms with E-state index in [0.717, 1.165) is 18.7 Å². The first-order chi connectivity index (χ1) is 11.8. The number of halogens is 4. The zero-order chi connectivity index (χ0) is 16.8. The number of benzene rings is 2. The highest BCUT2D eigenvalue weighted by atomic mass is 35.5. The van der Waals surface area contributed by atoms with Gasteiger partial charge in [0.15, 0.2) is 0 Å². The van der Waals surface area contributed by atoms with Crippen molar-refractivity contribution in [1.82, 2.24) is 10.2 Å². The van der Waals surface area contributed by atoms with Gasteiger partial charge in [0, 0.05) is 31.7 Å². The number of alkyl halides is 2. The van der Waals surface area contributed by atoms with E-state index >= 15 is 0 Å². The number of hydrogen-bond acceptors (Lipinski definition) is 3. The molecule has 1 atom stereocenters. The van der Waals surface area contributed by atoms with Crippen LogP contribution in [-0.2, 0) is 6.61 Å². The van der Waals surface area contributed by atoms with Crippen LogP contribution in [0.3, 0.4) is 0 Å². The Bertz CT molecular complexity index is 640. The average Bonchev–Trinajstić information content (AvgIpc) is 2.63. The van der Waals surface area contributed by atoms with Gasteiger partial charge in [-0.05, 0) is 11.6 Å². The van der Waals surface area contributed by atoms with Gasteiger partial charge in [0.1, 0.15) is 12.4 Å². The largest absolute Gasteiger partial charge is 0.489 e. The summed E-state index contributed by atoms with van der Waals surface area (Å²) >= 11 is 0. The Hall–Kier alpha value is -1.40. The Labute approximate surface area is 165 Å². The van der Waals surface area contributed by atoms with Gasteiger partial charge in [-0.2, -0.15) is 0 Å². The van der Waals surface area contributed by atoms with Crippen LogP contribution in [0.25, 0.3) is 0 Å².